The number of rotatable bonds is 5. The van der Waals surface area contributed by atoms with Crippen LogP contribution in [-0.2, 0) is 4.79 Å². The van der Waals surface area contributed by atoms with Crippen LogP contribution in [0.1, 0.15) is 13.8 Å². The van der Waals surface area contributed by atoms with Gasteiger partial charge in [0.05, 0.1) is 5.69 Å². The Morgan fingerprint density at radius 2 is 2.24 bits per heavy atom. The maximum absolute atomic E-state index is 11.3. The van der Waals surface area contributed by atoms with Crippen LogP contribution in [0.25, 0.3) is 0 Å². The van der Waals surface area contributed by atoms with E-state index in [2.05, 4.69) is 15.6 Å². The molecule has 0 aliphatic heterocycles. The summed E-state index contributed by atoms with van der Waals surface area (Å²) in [5.41, 5.74) is 7.28. The van der Waals surface area contributed by atoms with Gasteiger partial charge in [-0.25, -0.2) is 4.98 Å². The molecule has 0 atom stereocenters. The highest BCUT2D eigenvalue weighted by Crippen LogP contribution is 2.11. The third-order valence-corrected chi connectivity index (χ3v) is 1.98. The molecule has 1 heterocycles. The number of pyridine rings is 1. The molecule has 17 heavy (non-hydrogen) atoms. The van der Waals surface area contributed by atoms with Gasteiger partial charge < -0.3 is 16.4 Å². The number of carbonyl (C=O) groups is 1. The van der Waals surface area contributed by atoms with Gasteiger partial charge in [-0.15, -0.1) is 0 Å². The second-order valence-electron chi connectivity index (χ2n) is 3.88. The van der Waals surface area contributed by atoms with Gasteiger partial charge in [-0.2, -0.15) is 0 Å². The monoisotopic (exact) mass is 234 g/mol. The molecule has 0 aromatic carbocycles. The van der Waals surface area contributed by atoms with Crippen molar-refractivity contribution in [3.05, 3.63) is 30.0 Å². The van der Waals surface area contributed by atoms with E-state index >= 15 is 0 Å². The molecule has 1 amide bonds. The van der Waals surface area contributed by atoms with E-state index in [4.69, 9.17) is 5.73 Å². The fourth-order valence-electron chi connectivity index (χ4n) is 1.25. The fraction of sp³-hybridized carbons (Fsp3) is 0.333. The highest BCUT2D eigenvalue weighted by Gasteiger charge is 1.98. The Labute approximate surface area is 101 Å². The van der Waals surface area contributed by atoms with Gasteiger partial charge in [0.2, 0.25) is 5.91 Å². The molecule has 5 heteroatoms. The van der Waals surface area contributed by atoms with E-state index in [9.17, 15) is 4.79 Å². The second-order valence-corrected chi connectivity index (χ2v) is 3.88. The molecule has 1 aromatic rings. The zero-order valence-electron chi connectivity index (χ0n) is 10.2. The van der Waals surface area contributed by atoms with Crippen molar-refractivity contribution in [1.82, 2.24) is 10.3 Å². The first-order valence-corrected chi connectivity index (χ1v) is 5.46. The number of nitrogens with two attached hydrogens (primary N) is 1. The summed E-state index contributed by atoms with van der Waals surface area (Å²) in [6.07, 6.45) is 3.23. The summed E-state index contributed by atoms with van der Waals surface area (Å²) in [5, 5.41) is 5.81. The molecule has 0 spiro atoms. The minimum Gasteiger partial charge on any atom is -0.396 e. The van der Waals surface area contributed by atoms with Crippen LogP contribution in [0, 0.1) is 0 Å². The molecule has 0 radical (unpaired) electrons. The van der Waals surface area contributed by atoms with Gasteiger partial charge in [0.15, 0.2) is 0 Å². The van der Waals surface area contributed by atoms with Crippen molar-refractivity contribution in [2.75, 3.05) is 24.1 Å². The Morgan fingerprint density at radius 1 is 1.47 bits per heavy atom. The zero-order chi connectivity index (χ0) is 12.7. The molecule has 0 unspecified atom stereocenters. The van der Waals surface area contributed by atoms with Gasteiger partial charge in [-0.3, -0.25) is 4.79 Å². The molecule has 0 saturated heterocycles. The van der Waals surface area contributed by atoms with E-state index in [1.165, 1.54) is 0 Å². The maximum atomic E-state index is 11.3. The Morgan fingerprint density at radius 3 is 2.88 bits per heavy atom. The number of nitrogens with zero attached hydrogens (tertiary/aromatic N) is 1. The van der Waals surface area contributed by atoms with Crippen LogP contribution >= 0.6 is 0 Å². The topological polar surface area (TPSA) is 80.0 Å². The van der Waals surface area contributed by atoms with Crippen LogP contribution in [0.3, 0.4) is 0 Å². The van der Waals surface area contributed by atoms with Crippen LogP contribution in [0.15, 0.2) is 30.0 Å². The van der Waals surface area contributed by atoms with Crippen LogP contribution in [-0.4, -0.2) is 24.0 Å². The van der Waals surface area contributed by atoms with Crippen molar-refractivity contribution >= 4 is 17.4 Å². The van der Waals surface area contributed by atoms with Crippen LogP contribution in [0.5, 0.6) is 0 Å². The smallest absolute Gasteiger partial charge is 0.243 e. The van der Waals surface area contributed by atoms with Gasteiger partial charge in [-0.05, 0) is 26.0 Å². The summed E-state index contributed by atoms with van der Waals surface area (Å²) < 4.78 is 0. The van der Waals surface area contributed by atoms with Crippen molar-refractivity contribution in [2.45, 2.75) is 13.8 Å². The number of amides is 1. The summed E-state index contributed by atoms with van der Waals surface area (Å²) in [4.78, 5) is 15.4. The predicted octanol–water partition coefficient (Wildman–Crippen LogP) is 1.16. The Hall–Kier alpha value is -2.04. The van der Waals surface area contributed by atoms with Crippen molar-refractivity contribution in [3.8, 4) is 0 Å². The largest absolute Gasteiger partial charge is 0.396 e. The molecule has 0 bridgehead atoms. The molecular weight excluding hydrogens is 216 g/mol. The average molecular weight is 234 g/mol. The lowest BCUT2D eigenvalue weighted by atomic mass is 10.3. The standard InChI is InChI=1S/C12H18N4O/c1-9(2)8-11(17)14-6-7-16-12-10(13)4-3-5-15-12/h3-5,8H,6-7,13H2,1-2H3,(H,14,17)(H,15,16). The number of nitrogen functional groups attached to an aromatic ring is 1. The Bertz CT molecular complexity index is 411. The summed E-state index contributed by atoms with van der Waals surface area (Å²) in [7, 11) is 0. The third-order valence-electron chi connectivity index (χ3n) is 1.98. The second kappa shape index (κ2) is 6.52. The first kappa shape index (κ1) is 13.0. The number of hydrogen-bond donors (Lipinski definition) is 3. The van der Waals surface area contributed by atoms with Gasteiger partial charge in [-0.1, -0.05) is 5.57 Å². The molecule has 1 aromatic heterocycles. The lowest BCUT2D eigenvalue weighted by molar-refractivity contribution is -0.116. The SMILES string of the molecule is CC(C)=CC(=O)NCCNc1ncccc1N. The highest BCUT2D eigenvalue weighted by atomic mass is 16.1. The average Bonchev–Trinajstić information content (AvgIpc) is 2.25. The number of carbonyl (C=O) groups excluding carboxylic acids is 1. The van der Waals surface area contributed by atoms with Crippen LogP contribution < -0.4 is 16.4 Å². The van der Waals surface area contributed by atoms with Crippen molar-refractivity contribution in [1.29, 1.82) is 0 Å². The van der Waals surface area contributed by atoms with Crippen molar-refractivity contribution in [2.24, 2.45) is 0 Å². The van der Waals surface area contributed by atoms with Gasteiger partial charge >= 0.3 is 0 Å². The van der Waals surface area contributed by atoms with E-state index in [-0.39, 0.29) is 5.91 Å². The summed E-state index contributed by atoms with van der Waals surface area (Å²) in [6.45, 7) is 4.88. The zero-order valence-corrected chi connectivity index (χ0v) is 10.2. The Balaban J connectivity index is 2.28. The molecule has 0 aliphatic rings. The lowest BCUT2D eigenvalue weighted by Gasteiger charge is -2.07. The summed E-state index contributed by atoms with van der Waals surface area (Å²) in [5.74, 6) is 0.560. The maximum Gasteiger partial charge on any atom is 0.243 e. The normalized spacial score (nSPS) is 9.53. The van der Waals surface area contributed by atoms with Gasteiger partial charge in [0.1, 0.15) is 5.82 Å². The van der Waals surface area contributed by atoms with Crippen LogP contribution in [0.4, 0.5) is 11.5 Å². The first-order chi connectivity index (χ1) is 8.09. The first-order valence-electron chi connectivity index (χ1n) is 5.46. The minimum atomic E-state index is -0.0826. The summed E-state index contributed by atoms with van der Waals surface area (Å²) >= 11 is 0. The third kappa shape index (κ3) is 5.01. The minimum absolute atomic E-state index is 0.0826. The predicted molar refractivity (Wildman–Crippen MR) is 69.6 cm³/mol. The molecule has 0 fully saturated rings. The molecule has 92 valence electrons. The van der Waals surface area contributed by atoms with Crippen molar-refractivity contribution in [3.63, 3.8) is 0 Å². The quantitative estimate of drug-likeness (QED) is 0.527. The molecule has 1 rings (SSSR count). The van der Waals surface area contributed by atoms with E-state index in [0.717, 1.165) is 5.57 Å². The number of aromatic nitrogens is 1. The molecular formula is C12H18N4O. The van der Waals surface area contributed by atoms with Crippen molar-refractivity contribution < 1.29 is 4.79 Å². The molecule has 0 saturated carbocycles. The van der Waals surface area contributed by atoms with E-state index in [1.807, 2.05) is 13.8 Å². The molecule has 0 aliphatic carbocycles. The van der Waals surface area contributed by atoms with E-state index in [1.54, 1.807) is 24.4 Å². The molecule has 4 N–H and O–H groups in total. The Kier molecular flexibility index (Phi) is 5.00. The highest BCUT2D eigenvalue weighted by molar-refractivity contribution is 5.88. The van der Waals surface area contributed by atoms with Gasteiger partial charge in [0.25, 0.3) is 0 Å². The molecule has 5 nitrogen and oxygen atoms in total. The number of hydrogen-bond acceptors (Lipinski definition) is 4. The number of anilines is 2. The fourth-order valence-corrected chi connectivity index (χ4v) is 1.25. The van der Waals surface area contributed by atoms with Gasteiger partial charge in [0, 0.05) is 25.4 Å². The lowest BCUT2D eigenvalue weighted by Crippen LogP contribution is -2.27. The number of nitrogens with one attached hydrogen (secondary N) is 2. The number of allylic oxidation sites excluding steroid dienone is 1. The summed E-state index contributed by atoms with van der Waals surface area (Å²) in [6, 6.07) is 3.55. The van der Waals surface area contributed by atoms with Crippen LogP contribution in [0.2, 0.25) is 0 Å². The van der Waals surface area contributed by atoms with E-state index < -0.39 is 0 Å². The van der Waals surface area contributed by atoms with E-state index in [0.29, 0.717) is 24.6 Å².